The highest BCUT2D eigenvalue weighted by molar-refractivity contribution is 7.23. The number of anilines is 2. The molecule has 0 unspecified atom stereocenters. The minimum absolute atomic E-state index is 0.00295. The molecular weight excluding hydrogens is 605 g/mol. The summed E-state index contributed by atoms with van der Waals surface area (Å²) in [5.41, 5.74) is 5.32. The van der Waals surface area contributed by atoms with Crippen molar-refractivity contribution >= 4 is 54.7 Å². The highest BCUT2D eigenvalue weighted by Gasteiger charge is 2.49. The standard InChI is InChI=1S/C29H26ClF3N6O3S/c1-12(40)17-10-41-24-20-23(37-28(38-27(20)36-17)42-11-29-5-2-6-39(29)9-13(31)7-29)22(33)19(21(24)30)14-3-4-16(32)25-18(14)15(8-34)26(35)43-25/h3-4,12-13,17,40H,2,5-7,9-11,35H2,1H3,(H,36,37,38)/t12-,13+,17+,29-/m0/s1. The number of nitrogens with zero attached hydrogens (tertiary/aromatic N) is 4. The normalized spacial score (nSPS) is 23.9. The zero-order valence-corrected chi connectivity index (χ0v) is 24.5. The van der Waals surface area contributed by atoms with Crippen molar-refractivity contribution in [2.75, 3.05) is 37.4 Å². The van der Waals surface area contributed by atoms with Crippen LogP contribution in [0.3, 0.4) is 0 Å². The van der Waals surface area contributed by atoms with E-state index < -0.39 is 35.5 Å². The largest absolute Gasteiger partial charge is 0.489 e. The Bertz CT molecular complexity index is 1850. The van der Waals surface area contributed by atoms with Crippen LogP contribution in [0.2, 0.25) is 5.02 Å². The van der Waals surface area contributed by atoms with Gasteiger partial charge in [0.2, 0.25) is 0 Å². The Balaban J connectivity index is 1.43. The maximum absolute atomic E-state index is 16.8. The fraction of sp³-hybridized carbons (Fsp3) is 0.414. The lowest BCUT2D eigenvalue weighted by atomic mass is 9.95. The van der Waals surface area contributed by atoms with Crippen LogP contribution in [0.5, 0.6) is 11.8 Å². The Morgan fingerprint density at radius 1 is 1.37 bits per heavy atom. The van der Waals surface area contributed by atoms with Crippen molar-refractivity contribution in [3.05, 3.63) is 34.4 Å². The number of nitrogens with two attached hydrogens (primary N) is 1. The number of nitrogens with one attached hydrogen (secondary N) is 1. The van der Waals surface area contributed by atoms with E-state index in [1.807, 2.05) is 6.07 Å². The van der Waals surface area contributed by atoms with Crippen LogP contribution in [0.15, 0.2) is 12.1 Å². The van der Waals surface area contributed by atoms with Gasteiger partial charge in [-0.1, -0.05) is 17.7 Å². The molecule has 0 amide bonds. The summed E-state index contributed by atoms with van der Waals surface area (Å²) in [5.74, 6) is -1.29. The molecule has 2 aromatic carbocycles. The SMILES string of the molecule is C[C@H](O)[C@H]1COc2c(Cl)c(-c3ccc(F)c4sc(N)c(C#N)c34)c(F)c3nc(OC[C@@]45CCCN4C[C@H](F)C5)nc(c23)N1. The average molecular weight is 631 g/mol. The first-order valence-corrected chi connectivity index (χ1v) is 15.0. The van der Waals surface area contributed by atoms with Gasteiger partial charge in [0.1, 0.15) is 47.6 Å². The molecule has 3 aliphatic rings. The van der Waals surface area contributed by atoms with Crippen molar-refractivity contribution < 1.29 is 27.8 Å². The molecule has 4 atom stereocenters. The number of aliphatic hydroxyl groups excluding tert-OH is 1. The van der Waals surface area contributed by atoms with E-state index in [4.69, 9.17) is 26.8 Å². The summed E-state index contributed by atoms with van der Waals surface area (Å²) >= 11 is 7.73. The number of hydrogen-bond acceptors (Lipinski definition) is 10. The van der Waals surface area contributed by atoms with Crippen molar-refractivity contribution in [2.24, 2.45) is 0 Å². The second-order valence-electron chi connectivity index (χ2n) is 11.3. The number of halogens is 4. The van der Waals surface area contributed by atoms with E-state index in [-0.39, 0.29) is 78.5 Å². The number of fused-ring (bicyclic) bond motifs is 2. The molecule has 224 valence electrons. The zero-order chi connectivity index (χ0) is 30.2. The van der Waals surface area contributed by atoms with E-state index in [2.05, 4.69) is 20.2 Å². The Morgan fingerprint density at radius 3 is 2.95 bits per heavy atom. The number of aromatic nitrogens is 2. The van der Waals surface area contributed by atoms with Crippen LogP contribution in [-0.2, 0) is 0 Å². The van der Waals surface area contributed by atoms with Crippen molar-refractivity contribution in [1.82, 2.24) is 14.9 Å². The van der Waals surface area contributed by atoms with Crippen LogP contribution in [0, 0.1) is 23.0 Å². The molecule has 0 radical (unpaired) electrons. The highest BCUT2D eigenvalue weighted by Crippen LogP contribution is 2.50. The second kappa shape index (κ2) is 10.3. The molecule has 2 saturated heterocycles. The maximum atomic E-state index is 16.8. The van der Waals surface area contributed by atoms with Crippen molar-refractivity contribution in [2.45, 2.75) is 50.0 Å². The van der Waals surface area contributed by atoms with Gasteiger partial charge in [0.05, 0.1) is 38.4 Å². The number of nitriles is 1. The van der Waals surface area contributed by atoms with Crippen LogP contribution in [-0.4, -0.2) is 70.1 Å². The molecule has 7 rings (SSSR count). The summed E-state index contributed by atoms with van der Waals surface area (Å²) < 4.78 is 58.1. The lowest BCUT2D eigenvalue weighted by Gasteiger charge is -2.30. The topological polar surface area (TPSA) is 130 Å². The van der Waals surface area contributed by atoms with Gasteiger partial charge in [0.25, 0.3) is 0 Å². The van der Waals surface area contributed by atoms with E-state index in [9.17, 15) is 19.1 Å². The van der Waals surface area contributed by atoms with Gasteiger partial charge >= 0.3 is 6.01 Å². The molecule has 9 nitrogen and oxygen atoms in total. The van der Waals surface area contributed by atoms with Crippen LogP contribution in [0.1, 0.15) is 31.7 Å². The molecule has 0 saturated carbocycles. The number of aliphatic hydroxyl groups is 1. The number of thiophene rings is 1. The molecule has 3 aliphatic heterocycles. The molecule has 5 heterocycles. The molecule has 0 aliphatic carbocycles. The molecule has 0 bridgehead atoms. The predicted octanol–water partition coefficient (Wildman–Crippen LogP) is 5.41. The predicted molar refractivity (Wildman–Crippen MR) is 158 cm³/mol. The van der Waals surface area contributed by atoms with Crippen molar-refractivity contribution in [3.63, 3.8) is 0 Å². The van der Waals surface area contributed by atoms with E-state index in [1.54, 1.807) is 6.92 Å². The Labute approximate surface area is 253 Å². The quantitative estimate of drug-likeness (QED) is 0.265. The number of nitrogen functional groups attached to an aromatic ring is 1. The van der Waals surface area contributed by atoms with Crippen LogP contribution in [0.4, 0.5) is 24.0 Å². The van der Waals surface area contributed by atoms with Gasteiger partial charge in [0.15, 0.2) is 11.6 Å². The third kappa shape index (κ3) is 4.34. The van der Waals surface area contributed by atoms with Gasteiger partial charge in [-0.05, 0) is 37.9 Å². The van der Waals surface area contributed by atoms with E-state index in [0.29, 0.717) is 13.0 Å². The summed E-state index contributed by atoms with van der Waals surface area (Å²) in [6.45, 7) is 2.75. The number of rotatable bonds is 5. The van der Waals surface area contributed by atoms with Gasteiger partial charge in [-0.2, -0.15) is 15.2 Å². The monoisotopic (exact) mass is 630 g/mol. The summed E-state index contributed by atoms with van der Waals surface area (Å²) in [6, 6.07) is 3.69. The van der Waals surface area contributed by atoms with Crippen LogP contribution >= 0.6 is 22.9 Å². The summed E-state index contributed by atoms with van der Waals surface area (Å²) in [4.78, 5) is 11.0. The highest BCUT2D eigenvalue weighted by atomic mass is 35.5. The Morgan fingerprint density at radius 2 is 2.19 bits per heavy atom. The zero-order valence-electron chi connectivity index (χ0n) is 22.9. The number of hydrogen-bond donors (Lipinski definition) is 3. The van der Waals surface area contributed by atoms with E-state index in [0.717, 1.165) is 36.8 Å². The van der Waals surface area contributed by atoms with Gasteiger partial charge < -0.3 is 25.6 Å². The molecule has 0 spiro atoms. The van der Waals surface area contributed by atoms with Crippen molar-refractivity contribution in [1.29, 1.82) is 5.26 Å². The fourth-order valence-electron chi connectivity index (χ4n) is 6.60. The summed E-state index contributed by atoms with van der Waals surface area (Å²) in [6.07, 6.45) is 0.153. The second-order valence-corrected chi connectivity index (χ2v) is 12.8. The van der Waals surface area contributed by atoms with Gasteiger partial charge in [-0.15, -0.1) is 11.3 Å². The maximum Gasteiger partial charge on any atom is 0.319 e. The van der Waals surface area contributed by atoms with Crippen LogP contribution < -0.4 is 20.5 Å². The molecular formula is C29H26ClF3N6O3S. The average Bonchev–Trinajstić information content (AvgIpc) is 3.56. The lowest BCUT2D eigenvalue weighted by molar-refractivity contribution is 0.107. The Hall–Kier alpha value is -3.57. The fourth-order valence-corrected chi connectivity index (χ4v) is 7.88. The van der Waals surface area contributed by atoms with Gasteiger partial charge in [0, 0.05) is 23.9 Å². The molecule has 14 heteroatoms. The summed E-state index contributed by atoms with van der Waals surface area (Å²) in [5, 5.41) is 23.5. The van der Waals surface area contributed by atoms with Crippen molar-refractivity contribution in [3.8, 4) is 29.0 Å². The Kier molecular flexibility index (Phi) is 6.73. The molecule has 2 aromatic heterocycles. The molecule has 4 N–H and O–H groups in total. The smallest absolute Gasteiger partial charge is 0.319 e. The van der Waals surface area contributed by atoms with E-state index in [1.165, 1.54) is 6.07 Å². The molecule has 43 heavy (non-hydrogen) atoms. The third-order valence-electron chi connectivity index (χ3n) is 8.70. The third-order valence-corrected chi connectivity index (χ3v) is 10.1. The lowest BCUT2D eigenvalue weighted by Crippen LogP contribution is -2.43. The molecule has 4 aromatic rings. The number of ether oxygens (including phenoxy) is 2. The molecule has 2 fully saturated rings. The van der Waals surface area contributed by atoms with E-state index >= 15 is 4.39 Å². The number of alkyl halides is 1. The van der Waals surface area contributed by atoms with Gasteiger partial charge in [-0.25, -0.2) is 13.2 Å². The number of benzene rings is 2. The van der Waals surface area contributed by atoms with Crippen LogP contribution in [0.25, 0.3) is 32.1 Å². The first-order valence-electron chi connectivity index (χ1n) is 13.8. The minimum atomic E-state index is -0.960. The summed E-state index contributed by atoms with van der Waals surface area (Å²) in [7, 11) is 0. The van der Waals surface area contributed by atoms with Gasteiger partial charge in [-0.3, -0.25) is 4.90 Å². The first-order chi connectivity index (χ1) is 20.6. The minimum Gasteiger partial charge on any atom is -0.489 e. The first kappa shape index (κ1) is 28.2.